The number of carbonyl (C=O) groups excluding carboxylic acids is 2. The third-order valence-electron chi connectivity index (χ3n) is 3.23. The standard InChI is InChI=1S/C12H23N3O4/c1-5-12(6-2,10(17)18)15-11(19)14-8(7(3)4)9(13)16/h7-8H,5-6H2,1-4H3,(H2,13,16)(H,17,18)(H2,14,15,19). The molecule has 110 valence electrons. The SMILES string of the molecule is CCC(CC)(NC(=O)NC(C(N)=O)C(C)C)C(=O)O. The highest BCUT2D eigenvalue weighted by molar-refractivity contribution is 5.89. The van der Waals surface area contributed by atoms with Crippen molar-refractivity contribution in [2.45, 2.75) is 52.1 Å². The second-order valence-electron chi connectivity index (χ2n) is 4.82. The molecule has 0 aliphatic heterocycles. The van der Waals surface area contributed by atoms with E-state index in [0.29, 0.717) is 0 Å². The topological polar surface area (TPSA) is 122 Å². The number of carbonyl (C=O) groups is 3. The van der Waals surface area contributed by atoms with Gasteiger partial charge in [-0.2, -0.15) is 0 Å². The molecule has 5 N–H and O–H groups in total. The lowest BCUT2D eigenvalue weighted by molar-refractivity contribution is -0.144. The summed E-state index contributed by atoms with van der Waals surface area (Å²) < 4.78 is 0. The van der Waals surface area contributed by atoms with Gasteiger partial charge >= 0.3 is 12.0 Å². The van der Waals surface area contributed by atoms with Gasteiger partial charge in [0.2, 0.25) is 5.91 Å². The number of carboxylic acids is 1. The number of hydrogen-bond acceptors (Lipinski definition) is 3. The summed E-state index contributed by atoms with van der Waals surface area (Å²) in [6, 6.07) is -1.54. The molecule has 7 heteroatoms. The molecule has 1 atom stereocenters. The van der Waals surface area contributed by atoms with Gasteiger partial charge in [0.25, 0.3) is 0 Å². The maximum absolute atomic E-state index is 11.8. The fraction of sp³-hybridized carbons (Fsp3) is 0.750. The maximum atomic E-state index is 11.8. The van der Waals surface area contributed by atoms with Gasteiger partial charge in [-0.25, -0.2) is 9.59 Å². The van der Waals surface area contributed by atoms with Crippen LogP contribution in [0.2, 0.25) is 0 Å². The molecule has 3 amide bonds. The molecule has 0 aromatic carbocycles. The molecule has 7 nitrogen and oxygen atoms in total. The van der Waals surface area contributed by atoms with Crippen LogP contribution in [0.4, 0.5) is 4.79 Å². The van der Waals surface area contributed by atoms with Gasteiger partial charge in [0.15, 0.2) is 0 Å². The average Bonchev–Trinajstić information content (AvgIpc) is 2.31. The number of nitrogens with two attached hydrogens (primary N) is 1. The van der Waals surface area contributed by atoms with Crippen LogP contribution in [0.1, 0.15) is 40.5 Å². The number of hydrogen-bond donors (Lipinski definition) is 4. The Hall–Kier alpha value is -1.79. The van der Waals surface area contributed by atoms with Gasteiger partial charge in [-0.05, 0) is 18.8 Å². The van der Waals surface area contributed by atoms with E-state index in [9.17, 15) is 19.5 Å². The van der Waals surface area contributed by atoms with Crippen molar-refractivity contribution in [1.29, 1.82) is 0 Å². The Kier molecular flexibility index (Phi) is 6.31. The number of aliphatic carboxylic acids is 1. The molecule has 0 spiro atoms. The summed E-state index contributed by atoms with van der Waals surface area (Å²) in [5.41, 5.74) is 3.85. The molecule has 0 rings (SSSR count). The van der Waals surface area contributed by atoms with Crippen LogP contribution in [0.15, 0.2) is 0 Å². The van der Waals surface area contributed by atoms with Gasteiger partial charge in [-0.15, -0.1) is 0 Å². The third kappa shape index (κ3) is 4.42. The van der Waals surface area contributed by atoms with Gasteiger partial charge in [0, 0.05) is 0 Å². The van der Waals surface area contributed by atoms with E-state index < -0.39 is 29.5 Å². The highest BCUT2D eigenvalue weighted by Crippen LogP contribution is 2.15. The normalized spacial score (nSPS) is 12.9. The van der Waals surface area contributed by atoms with E-state index in [0.717, 1.165) is 0 Å². The lowest BCUT2D eigenvalue weighted by Gasteiger charge is -2.29. The van der Waals surface area contributed by atoms with Crippen molar-refractivity contribution in [3.05, 3.63) is 0 Å². The lowest BCUT2D eigenvalue weighted by Crippen LogP contribution is -2.59. The highest BCUT2D eigenvalue weighted by Gasteiger charge is 2.37. The van der Waals surface area contributed by atoms with Crippen molar-refractivity contribution < 1.29 is 19.5 Å². The van der Waals surface area contributed by atoms with E-state index in [2.05, 4.69) is 10.6 Å². The van der Waals surface area contributed by atoms with E-state index in [4.69, 9.17) is 5.73 Å². The molecule has 0 bridgehead atoms. The Morgan fingerprint density at radius 3 is 1.95 bits per heavy atom. The monoisotopic (exact) mass is 273 g/mol. The quantitative estimate of drug-likeness (QED) is 0.537. The highest BCUT2D eigenvalue weighted by atomic mass is 16.4. The van der Waals surface area contributed by atoms with Crippen LogP contribution in [-0.4, -0.2) is 34.6 Å². The molecule has 0 aromatic rings. The summed E-state index contributed by atoms with van der Waals surface area (Å²) >= 11 is 0. The Morgan fingerprint density at radius 1 is 1.21 bits per heavy atom. The van der Waals surface area contributed by atoms with Crippen LogP contribution in [0.25, 0.3) is 0 Å². The van der Waals surface area contributed by atoms with E-state index >= 15 is 0 Å². The number of amides is 3. The summed E-state index contributed by atoms with van der Waals surface area (Å²) in [6.07, 6.45) is 0.490. The van der Waals surface area contributed by atoms with E-state index in [-0.39, 0.29) is 18.8 Å². The summed E-state index contributed by atoms with van der Waals surface area (Å²) in [4.78, 5) is 34.2. The molecule has 0 saturated heterocycles. The zero-order valence-electron chi connectivity index (χ0n) is 11.8. The molecule has 19 heavy (non-hydrogen) atoms. The molecule has 0 heterocycles. The molecule has 0 saturated carbocycles. The molecule has 0 aromatic heterocycles. The Balaban J connectivity index is 4.85. The zero-order valence-corrected chi connectivity index (χ0v) is 11.8. The second kappa shape index (κ2) is 6.96. The first kappa shape index (κ1) is 17.2. The first-order chi connectivity index (χ1) is 8.70. The van der Waals surface area contributed by atoms with Crippen LogP contribution >= 0.6 is 0 Å². The maximum Gasteiger partial charge on any atom is 0.329 e. The predicted molar refractivity (Wildman–Crippen MR) is 70.4 cm³/mol. The van der Waals surface area contributed by atoms with Crippen molar-refractivity contribution in [3.63, 3.8) is 0 Å². The molecular formula is C12H23N3O4. The van der Waals surface area contributed by atoms with Gasteiger partial charge in [0.05, 0.1) is 0 Å². The third-order valence-corrected chi connectivity index (χ3v) is 3.23. The number of primary amides is 1. The smallest absolute Gasteiger partial charge is 0.329 e. The molecule has 0 aliphatic rings. The van der Waals surface area contributed by atoms with E-state index in [1.54, 1.807) is 27.7 Å². The van der Waals surface area contributed by atoms with Gasteiger partial charge in [-0.3, -0.25) is 4.79 Å². The number of carboxylic acid groups (broad SMARTS) is 1. The summed E-state index contributed by atoms with van der Waals surface area (Å²) in [6.45, 7) is 6.82. The molecule has 0 radical (unpaired) electrons. The second-order valence-corrected chi connectivity index (χ2v) is 4.82. The van der Waals surface area contributed by atoms with Crippen molar-refractivity contribution in [2.75, 3.05) is 0 Å². The van der Waals surface area contributed by atoms with Gasteiger partial charge < -0.3 is 21.5 Å². The summed E-state index contributed by atoms with van der Waals surface area (Å²) in [7, 11) is 0. The van der Waals surface area contributed by atoms with Crippen LogP contribution in [0.3, 0.4) is 0 Å². The van der Waals surface area contributed by atoms with Gasteiger partial charge in [0.1, 0.15) is 11.6 Å². The minimum atomic E-state index is -1.33. The summed E-state index contributed by atoms with van der Waals surface area (Å²) in [5.74, 6) is -1.93. The molecule has 0 aliphatic carbocycles. The molecule has 0 fully saturated rings. The van der Waals surface area contributed by atoms with E-state index in [1.165, 1.54) is 0 Å². The van der Waals surface area contributed by atoms with Crippen LogP contribution in [0.5, 0.6) is 0 Å². The lowest BCUT2D eigenvalue weighted by atomic mass is 9.93. The Morgan fingerprint density at radius 2 is 1.68 bits per heavy atom. The largest absolute Gasteiger partial charge is 0.480 e. The number of urea groups is 1. The van der Waals surface area contributed by atoms with Crippen LogP contribution in [-0.2, 0) is 9.59 Å². The van der Waals surface area contributed by atoms with Crippen molar-refractivity contribution in [1.82, 2.24) is 10.6 Å². The first-order valence-corrected chi connectivity index (χ1v) is 6.31. The fourth-order valence-corrected chi connectivity index (χ4v) is 1.74. The summed E-state index contributed by atoms with van der Waals surface area (Å²) in [5, 5.41) is 14.0. The van der Waals surface area contributed by atoms with Crippen molar-refractivity contribution in [2.24, 2.45) is 11.7 Å². The number of rotatable bonds is 7. The zero-order chi connectivity index (χ0) is 15.2. The van der Waals surface area contributed by atoms with E-state index in [1.807, 2.05) is 0 Å². The first-order valence-electron chi connectivity index (χ1n) is 6.31. The molecule has 1 unspecified atom stereocenters. The average molecular weight is 273 g/mol. The predicted octanol–water partition coefficient (Wildman–Crippen LogP) is 0.439. The van der Waals surface area contributed by atoms with Crippen LogP contribution < -0.4 is 16.4 Å². The Labute approximate surface area is 112 Å². The van der Waals surface area contributed by atoms with Crippen molar-refractivity contribution >= 4 is 17.9 Å². The van der Waals surface area contributed by atoms with Gasteiger partial charge in [-0.1, -0.05) is 27.7 Å². The fourth-order valence-electron chi connectivity index (χ4n) is 1.74. The van der Waals surface area contributed by atoms with Crippen LogP contribution in [0, 0.1) is 5.92 Å². The minimum absolute atomic E-state index is 0.175. The minimum Gasteiger partial charge on any atom is -0.480 e. The van der Waals surface area contributed by atoms with Crippen molar-refractivity contribution in [3.8, 4) is 0 Å². The molecular weight excluding hydrogens is 250 g/mol. The Bertz CT molecular complexity index is 351. The number of nitrogens with one attached hydrogen (secondary N) is 2.